The molecule has 0 aliphatic carbocycles. The lowest BCUT2D eigenvalue weighted by Crippen LogP contribution is -2.42. The Morgan fingerprint density at radius 1 is 1.54 bits per heavy atom. The Labute approximate surface area is 81.1 Å². The maximum atomic E-state index is 8.80. The van der Waals surface area contributed by atoms with Crippen molar-refractivity contribution in [2.75, 3.05) is 20.3 Å². The van der Waals surface area contributed by atoms with Gasteiger partial charge in [0.25, 0.3) is 0 Å². The predicted molar refractivity (Wildman–Crippen MR) is 53.4 cm³/mol. The number of ether oxygens (including phenoxy) is 1. The van der Waals surface area contributed by atoms with Crippen LogP contribution in [0.5, 0.6) is 0 Å². The molecule has 3 heteroatoms. The molecule has 0 spiro atoms. The summed E-state index contributed by atoms with van der Waals surface area (Å²) in [5.41, 5.74) is -0.545. The quantitative estimate of drug-likeness (QED) is 0.637. The number of hydrogen-bond acceptors (Lipinski definition) is 3. The van der Waals surface area contributed by atoms with Crippen LogP contribution in [0.4, 0.5) is 0 Å². The molecule has 0 radical (unpaired) electrons. The summed E-state index contributed by atoms with van der Waals surface area (Å²) in [5, 5.41) is 11.7. The first-order valence-corrected chi connectivity index (χ1v) is 4.72. The minimum atomic E-state index is -0.545. The van der Waals surface area contributed by atoms with Gasteiger partial charge in [-0.15, -0.1) is 0 Å². The van der Waals surface area contributed by atoms with Crippen LogP contribution in [0.15, 0.2) is 0 Å². The molecule has 0 bridgehead atoms. The Balaban J connectivity index is 3.58. The Hall–Kier alpha value is -0.590. The van der Waals surface area contributed by atoms with Crippen molar-refractivity contribution in [2.45, 2.75) is 32.7 Å². The van der Waals surface area contributed by atoms with Gasteiger partial charge >= 0.3 is 0 Å². The number of hydrogen-bond donors (Lipinski definition) is 1. The first-order valence-electron chi connectivity index (χ1n) is 4.72. The molecule has 0 fully saturated rings. The summed E-state index contributed by atoms with van der Waals surface area (Å²) in [6.45, 7) is 7.33. The molecule has 0 saturated carbocycles. The topological polar surface area (TPSA) is 45.0 Å². The van der Waals surface area contributed by atoms with E-state index in [-0.39, 0.29) is 0 Å². The summed E-state index contributed by atoms with van der Waals surface area (Å²) < 4.78 is 5.41. The van der Waals surface area contributed by atoms with Crippen molar-refractivity contribution in [2.24, 2.45) is 5.92 Å². The summed E-state index contributed by atoms with van der Waals surface area (Å²) in [4.78, 5) is 0. The Bertz CT molecular complexity index is 174. The van der Waals surface area contributed by atoms with Gasteiger partial charge in [-0.3, -0.25) is 0 Å². The van der Waals surface area contributed by atoms with E-state index in [1.54, 1.807) is 7.05 Å². The van der Waals surface area contributed by atoms with Gasteiger partial charge in [-0.1, -0.05) is 13.8 Å². The lowest BCUT2D eigenvalue weighted by atomic mass is 10.1. The van der Waals surface area contributed by atoms with Crippen LogP contribution in [0.3, 0.4) is 0 Å². The number of nitriles is 1. The summed E-state index contributed by atoms with van der Waals surface area (Å²) in [6.07, 6.45) is 1.05. The van der Waals surface area contributed by atoms with Gasteiger partial charge in [0.1, 0.15) is 5.54 Å². The normalized spacial score (nSPS) is 15.4. The zero-order valence-electron chi connectivity index (χ0n) is 9.05. The van der Waals surface area contributed by atoms with Crippen molar-refractivity contribution in [3.05, 3.63) is 0 Å². The molecule has 0 aromatic carbocycles. The van der Waals surface area contributed by atoms with Crippen LogP contribution in [0.25, 0.3) is 0 Å². The van der Waals surface area contributed by atoms with Crippen molar-refractivity contribution in [3.8, 4) is 6.07 Å². The van der Waals surface area contributed by atoms with Gasteiger partial charge in [-0.25, -0.2) is 0 Å². The second kappa shape index (κ2) is 5.95. The second-order valence-electron chi connectivity index (χ2n) is 3.93. The first-order chi connectivity index (χ1) is 6.04. The fourth-order valence-electron chi connectivity index (χ4n) is 0.756. The van der Waals surface area contributed by atoms with E-state index in [0.29, 0.717) is 12.5 Å². The highest BCUT2D eigenvalue weighted by Gasteiger charge is 2.20. The standard InChI is InChI=1S/C10H20N2O/c1-9(2)5-6-13-8-10(3,7-11)12-4/h9,12H,5-6,8H2,1-4H3. The third kappa shape index (κ3) is 5.62. The number of nitrogens with zero attached hydrogens (tertiary/aromatic N) is 1. The van der Waals surface area contributed by atoms with Gasteiger partial charge in [0.05, 0.1) is 12.7 Å². The van der Waals surface area contributed by atoms with Gasteiger partial charge in [-0.2, -0.15) is 5.26 Å². The third-order valence-electron chi connectivity index (χ3n) is 2.03. The van der Waals surface area contributed by atoms with E-state index in [9.17, 15) is 0 Å². The van der Waals surface area contributed by atoms with Gasteiger partial charge in [0, 0.05) is 6.61 Å². The van der Waals surface area contributed by atoms with Crippen LogP contribution < -0.4 is 5.32 Å². The van der Waals surface area contributed by atoms with E-state index in [2.05, 4.69) is 25.2 Å². The third-order valence-corrected chi connectivity index (χ3v) is 2.03. The zero-order valence-corrected chi connectivity index (χ0v) is 9.05. The van der Waals surface area contributed by atoms with Crippen LogP contribution in [-0.4, -0.2) is 25.8 Å². The van der Waals surface area contributed by atoms with Crippen molar-refractivity contribution >= 4 is 0 Å². The second-order valence-corrected chi connectivity index (χ2v) is 3.93. The first kappa shape index (κ1) is 12.4. The maximum Gasteiger partial charge on any atom is 0.127 e. The molecule has 1 unspecified atom stereocenters. The summed E-state index contributed by atoms with van der Waals surface area (Å²) in [5.74, 6) is 0.655. The lowest BCUT2D eigenvalue weighted by molar-refractivity contribution is 0.0901. The van der Waals surface area contributed by atoms with Crippen molar-refractivity contribution < 1.29 is 4.74 Å². The number of likely N-dealkylation sites (N-methyl/N-ethyl adjacent to an activating group) is 1. The molecule has 0 aromatic heterocycles. The highest BCUT2D eigenvalue weighted by atomic mass is 16.5. The van der Waals surface area contributed by atoms with E-state index in [1.165, 1.54) is 0 Å². The van der Waals surface area contributed by atoms with E-state index in [0.717, 1.165) is 13.0 Å². The zero-order chi connectivity index (χ0) is 10.3. The Morgan fingerprint density at radius 3 is 2.54 bits per heavy atom. The number of nitrogens with one attached hydrogen (secondary N) is 1. The van der Waals surface area contributed by atoms with E-state index < -0.39 is 5.54 Å². The molecule has 0 aliphatic rings. The molecule has 0 aromatic rings. The molecule has 0 saturated heterocycles. The number of rotatable bonds is 6. The van der Waals surface area contributed by atoms with Crippen LogP contribution in [0.1, 0.15) is 27.2 Å². The lowest BCUT2D eigenvalue weighted by Gasteiger charge is -2.20. The summed E-state index contributed by atoms with van der Waals surface area (Å²) >= 11 is 0. The van der Waals surface area contributed by atoms with E-state index in [4.69, 9.17) is 10.00 Å². The average Bonchev–Trinajstić information content (AvgIpc) is 2.12. The maximum absolute atomic E-state index is 8.80. The SMILES string of the molecule is CNC(C)(C#N)COCCC(C)C. The molecule has 0 aliphatic heterocycles. The molecule has 0 amide bonds. The Morgan fingerprint density at radius 2 is 2.15 bits per heavy atom. The molecule has 0 rings (SSSR count). The minimum Gasteiger partial charge on any atom is -0.378 e. The highest BCUT2D eigenvalue weighted by molar-refractivity contribution is 5.02. The fraction of sp³-hybridized carbons (Fsp3) is 0.900. The van der Waals surface area contributed by atoms with Crippen molar-refractivity contribution in [1.29, 1.82) is 5.26 Å². The summed E-state index contributed by atoms with van der Waals surface area (Å²) in [7, 11) is 1.77. The largest absolute Gasteiger partial charge is 0.378 e. The minimum absolute atomic E-state index is 0.451. The van der Waals surface area contributed by atoms with Crippen molar-refractivity contribution in [3.63, 3.8) is 0 Å². The molecule has 1 atom stereocenters. The monoisotopic (exact) mass is 184 g/mol. The van der Waals surface area contributed by atoms with Gasteiger partial charge in [-0.05, 0) is 26.3 Å². The van der Waals surface area contributed by atoms with Crippen LogP contribution in [0.2, 0.25) is 0 Å². The van der Waals surface area contributed by atoms with Crippen molar-refractivity contribution in [1.82, 2.24) is 5.32 Å². The van der Waals surface area contributed by atoms with Crippen LogP contribution >= 0.6 is 0 Å². The molecule has 13 heavy (non-hydrogen) atoms. The highest BCUT2D eigenvalue weighted by Crippen LogP contribution is 2.04. The van der Waals surface area contributed by atoms with Crippen LogP contribution in [-0.2, 0) is 4.74 Å². The van der Waals surface area contributed by atoms with Crippen LogP contribution in [0, 0.1) is 17.2 Å². The smallest absolute Gasteiger partial charge is 0.127 e. The van der Waals surface area contributed by atoms with E-state index >= 15 is 0 Å². The summed E-state index contributed by atoms with van der Waals surface area (Å²) in [6, 6.07) is 2.18. The fourth-order valence-corrected chi connectivity index (χ4v) is 0.756. The van der Waals surface area contributed by atoms with E-state index in [1.807, 2.05) is 6.92 Å². The van der Waals surface area contributed by atoms with Gasteiger partial charge in [0.15, 0.2) is 0 Å². The molecular formula is C10H20N2O. The molecule has 0 heterocycles. The average molecular weight is 184 g/mol. The molecular weight excluding hydrogens is 164 g/mol. The predicted octanol–water partition coefficient (Wildman–Crippen LogP) is 1.55. The Kier molecular flexibility index (Phi) is 5.68. The molecule has 76 valence electrons. The molecule has 3 nitrogen and oxygen atoms in total. The molecule has 1 N–H and O–H groups in total. The van der Waals surface area contributed by atoms with Gasteiger partial charge < -0.3 is 10.1 Å². The van der Waals surface area contributed by atoms with Gasteiger partial charge in [0.2, 0.25) is 0 Å².